The number of aryl methyl sites for hydroxylation is 1. The highest BCUT2D eigenvalue weighted by Crippen LogP contribution is 2.26. The number of aliphatic hydroxyl groups is 1. The van der Waals surface area contributed by atoms with Gasteiger partial charge in [0.25, 0.3) is 5.91 Å². The molecule has 1 fully saturated rings. The van der Waals surface area contributed by atoms with Gasteiger partial charge in [0.05, 0.1) is 6.10 Å². The van der Waals surface area contributed by atoms with Crippen molar-refractivity contribution in [1.29, 1.82) is 0 Å². The van der Waals surface area contributed by atoms with Gasteiger partial charge in [-0.1, -0.05) is 18.2 Å². The molecular weight excluding hydrogens is 242 g/mol. The number of amides is 1. The van der Waals surface area contributed by atoms with Gasteiger partial charge in [-0.15, -0.1) is 0 Å². The molecule has 1 atom stereocenters. The Balaban J connectivity index is 1.95. The lowest BCUT2D eigenvalue weighted by molar-refractivity contribution is 0.0449. The van der Waals surface area contributed by atoms with Crippen LogP contribution in [0.3, 0.4) is 0 Å². The third kappa shape index (κ3) is 2.12. The quantitative estimate of drug-likeness (QED) is 0.855. The fourth-order valence-electron chi connectivity index (χ4n) is 2.66. The molecule has 0 aliphatic carbocycles. The van der Waals surface area contributed by atoms with Crippen LogP contribution in [0.2, 0.25) is 0 Å². The number of hydrogen-bond donors (Lipinski definition) is 1. The van der Waals surface area contributed by atoms with E-state index in [9.17, 15) is 9.90 Å². The van der Waals surface area contributed by atoms with Crippen molar-refractivity contribution < 1.29 is 14.3 Å². The van der Waals surface area contributed by atoms with Gasteiger partial charge in [0.2, 0.25) is 0 Å². The zero-order valence-electron chi connectivity index (χ0n) is 10.9. The highest BCUT2D eigenvalue weighted by atomic mass is 16.3. The van der Waals surface area contributed by atoms with Gasteiger partial charge in [0.1, 0.15) is 5.58 Å². The molecule has 0 radical (unpaired) electrons. The van der Waals surface area contributed by atoms with E-state index in [0.29, 0.717) is 18.8 Å². The maximum Gasteiger partial charge on any atom is 0.289 e. The standard InChI is InChI=1S/C15H17NO3/c1-10-12-6-2-3-7-13(12)19-14(10)15(18)16-8-4-5-11(17)9-16/h2-3,6-7,11,17H,4-5,8-9H2,1H3. The number of furan rings is 1. The molecule has 1 aliphatic heterocycles. The number of nitrogens with zero attached hydrogens (tertiary/aromatic N) is 1. The minimum Gasteiger partial charge on any atom is -0.451 e. The maximum atomic E-state index is 12.5. The van der Waals surface area contributed by atoms with Crippen molar-refractivity contribution in [2.24, 2.45) is 0 Å². The smallest absolute Gasteiger partial charge is 0.289 e. The van der Waals surface area contributed by atoms with E-state index in [4.69, 9.17) is 4.42 Å². The molecule has 1 N–H and O–H groups in total. The molecule has 2 heterocycles. The summed E-state index contributed by atoms with van der Waals surface area (Å²) in [5.41, 5.74) is 1.61. The second kappa shape index (κ2) is 4.70. The van der Waals surface area contributed by atoms with Crippen LogP contribution in [0, 0.1) is 6.92 Å². The number of fused-ring (bicyclic) bond motifs is 1. The lowest BCUT2D eigenvalue weighted by atomic mass is 10.1. The van der Waals surface area contributed by atoms with Crippen LogP contribution in [-0.2, 0) is 0 Å². The molecule has 0 spiro atoms. The lowest BCUT2D eigenvalue weighted by Gasteiger charge is -2.29. The topological polar surface area (TPSA) is 53.7 Å². The van der Waals surface area contributed by atoms with Gasteiger partial charge in [0.15, 0.2) is 5.76 Å². The summed E-state index contributed by atoms with van der Waals surface area (Å²) in [4.78, 5) is 14.1. The Kier molecular flexibility index (Phi) is 3.03. The van der Waals surface area contributed by atoms with Crippen LogP contribution >= 0.6 is 0 Å². The first-order valence-corrected chi connectivity index (χ1v) is 6.62. The van der Waals surface area contributed by atoms with Crippen molar-refractivity contribution in [2.45, 2.75) is 25.9 Å². The minimum absolute atomic E-state index is 0.118. The molecule has 0 saturated carbocycles. The van der Waals surface area contributed by atoms with E-state index < -0.39 is 6.10 Å². The van der Waals surface area contributed by atoms with E-state index in [0.717, 1.165) is 29.4 Å². The summed E-state index contributed by atoms with van der Waals surface area (Å²) in [6, 6.07) is 7.65. The first kappa shape index (κ1) is 12.2. The Morgan fingerprint density at radius 1 is 1.42 bits per heavy atom. The third-order valence-corrected chi connectivity index (χ3v) is 3.72. The normalized spacial score (nSPS) is 19.9. The predicted octanol–water partition coefficient (Wildman–Crippen LogP) is 2.34. The van der Waals surface area contributed by atoms with Gasteiger partial charge in [-0.2, -0.15) is 0 Å². The Hall–Kier alpha value is -1.81. The summed E-state index contributed by atoms with van der Waals surface area (Å²) in [5, 5.41) is 10.6. The van der Waals surface area contributed by atoms with Crippen molar-refractivity contribution >= 4 is 16.9 Å². The molecule has 19 heavy (non-hydrogen) atoms. The molecule has 0 bridgehead atoms. The Labute approximate surface area is 111 Å². The summed E-state index contributed by atoms with van der Waals surface area (Å²) in [6.45, 7) is 2.99. The van der Waals surface area contributed by atoms with Crippen molar-refractivity contribution in [3.05, 3.63) is 35.6 Å². The maximum absolute atomic E-state index is 12.5. The molecule has 1 saturated heterocycles. The zero-order chi connectivity index (χ0) is 13.4. The number of β-amino-alcohol motifs (C(OH)–C–C–N with tert-alkyl or cyclic N) is 1. The number of rotatable bonds is 1. The van der Waals surface area contributed by atoms with Crippen LogP contribution in [0.25, 0.3) is 11.0 Å². The average Bonchev–Trinajstić information content (AvgIpc) is 2.76. The van der Waals surface area contributed by atoms with Crippen LogP contribution in [0.4, 0.5) is 0 Å². The number of likely N-dealkylation sites (tertiary alicyclic amines) is 1. The molecule has 1 unspecified atom stereocenters. The van der Waals surface area contributed by atoms with Crippen LogP contribution in [-0.4, -0.2) is 35.1 Å². The largest absolute Gasteiger partial charge is 0.451 e. The molecule has 4 heteroatoms. The fourth-order valence-corrected chi connectivity index (χ4v) is 2.66. The van der Waals surface area contributed by atoms with E-state index in [1.54, 1.807) is 4.90 Å². The van der Waals surface area contributed by atoms with Crippen LogP contribution in [0.15, 0.2) is 28.7 Å². The Bertz CT molecular complexity index is 617. The van der Waals surface area contributed by atoms with Crippen molar-refractivity contribution in [3.63, 3.8) is 0 Å². The number of piperidine rings is 1. The van der Waals surface area contributed by atoms with Gasteiger partial charge >= 0.3 is 0 Å². The number of para-hydroxylation sites is 1. The van der Waals surface area contributed by atoms with E-state index in [1.807, 2.05) is 31.2 Å². The first-order chi connectivity index (χ1) is 9.16. The Morgan fingerprint density at radius 3 is 2.95 bits per heavy atom. The second-order valence-corrected chi connectivity index (χ2v) is 5.10. The van der Waals surface area contributed by atoms with Gasteiger partial charge in [-0.05, 0) is 25.8 Å². The second-order valence-electron chi connectivity index (χ2n) is 5.10. The fraction of sp³-hybridized carbons (Fsp3) is 0.400. The number of aliphatic hydroxyl groups excluding tert-OH is 1. The summed E-state index contributed by atoms with van der Waals surface area (Å²) < 4.78 is 5.68. The van der Waals surface area contributed by atoms with E-state index in [1.165, 1.54) is 0 Å². The van der Waals surface area contributed by atoms with Gasteiger partial charge in [0, 0.05) is 24.0 Å². The van der Waals surface area contributed by atoms with Crippen molar-refractivity contribution in [1.82, 2.24) is 4.90 Å². The number of benzene rings is 1. The lowest BCUT2D eigenvalue weighted by Crippen LogP contribution is -2.42. The highest BCUT2D eigenvalue weighted by Gasteiger charge is 2.27. The molecule has 100 valence electrons. The molecule has 1 amide bonds. The first-order valence-electron chi connectivity index (χ1n) is 6.62. The third-order valence-electron chi connectivity index (χ3n) is 3.72. The molecular formula is C15H17NO3. The Morgan fingerprint density at radius 2 is 2.21 bits per heavy atom. The average molecular weight is 259 g/mol. The van der Waals surface area contributed by atoms with E-state index in [-0.39, 0.29) is 5.91 Å². The molecule has 2 aromatic rings. The van der Waals surface area contributed by atoms with E-state index >= 15 is 0 Å². The SMILES string of the molecule is Cc1c(C(=O)N2CCCC(O)C2)oc2ccccc12. The summed E-state index contributed by atoms with van der Waals surface area (Å²) in [7, 11) is 0. The molecule has 1 aromatic carbocycles. The minimum atomic E-state index is -0.414. The van der Waals surface area contributed by atoms with Crippen LogP contribution in [0.5, 0.6) is 0 Å². The molecule has 3 rings (SSSR count). The van der Waals surface area contributed by atoms with Crippen molar-refractivity contribution in [2.75, 3.05) is 13.1 Å². The summed E-state index contributed by atoms with van der Waals surface area (Å²) in [6.07, 6.45) is 1.19. The number of hydrogen-bond acceptors (Lipinski definition) is 3. The van der Waals surface area contributed by atoms with Gasteiger partial charge in [-0.3, -0.25) is 4.79 Å². The molecule has 4 nitrogen and oxygen atoms in total. The number of carbonyl (C=O) groups excluding carboxylic acids is 1. The van der Waals surface area contributed by atoms with Crippen molar-refractivity contribution in [3.8, 4) is 0 Å². The van der Waals surface area contributed by atoms with Gasteiger partial charge < -0.3 is 14.4 Å². The van der Waals surface area contributed by atoms with Crippen LogP contribution < -0.4 is 0 Å². The zero-order valence-corrected chi connectivity index (χ0v) is 10.9. The predicted molar refractivity (Wildman–Crippen MR) is 72.1 cm³/mol. The van der Waals surface area contributed by atoms with Gasteiger partial charge in [-0.25, -0.2) is 0 Å². The summed E-state index contributed by atoms with van der Waals surface area (Å²) >= 11 is 0. The van der Waals surface area contributed by atoms with E-state index in [2.05, 4.69) is 0 Å². The number of carbonyl (C=O) groups is 1. The van der Waals surface area contributed by atoms with Crippen LogP contribution in [0.1, 0.15) is 29.0 Å². The summed E-state index contributed by atoms with van der Waals surface area (Å²) in [5.74, 6) is 0.280. The molecule has 1 aliphatic rings. The highest BCUT2D eigenvalue weighted by molar-refractivity contribution is 5.98. The monoisotopic (exact) mass is 259 g/mol. The molecule has 1 aromatic heterocycles.